The number of carbonyl (C=O) groups is 1. The zero-order valence-corrected chi connectivity index (χ0v) is 15.3. The summed E-state index contributed by atoms with van der Waals surface area (Å²) in [6, 6.07) is 4.96. The molecule has 2 aliphatic heterocycles. The first-order chi connectivity index (χ1) is 11.5. The van der Waals surface area contributed by atoms with E-state index in [2.05, 4.69) is 0 Å². The normalized spacial score (nSPS) is 21.4. The summed E-state index contributed by atoms with van der Waals surface area (Å²) in [5.74, 6) is 0.0948. The molecule has 3 rings (SSSR count). The average molecular weight is 371 g/mol. The fraction of sp³-hybridized carbons (Fsp3) is 0.588. The van der Waals surface area contributed by atoms with E-state index in [9.17, 15) is 13.2 Å². The zero-order chi connectivity index (χ0) is 17.2. The van der Waals surface area contributed by atoms with Crippen molar-refractivity contribution in [2.75, 3.05) is 29.7 Å². The standard InChI is InChI=1S/C17H23ClN2O3S/c18-15-8-7-14(17(21)19-9-3-1-2-4-10-19)13-16(15)20-11-5-6-12-24(20,22)23/h7-8,13H,1-6,9-12H2. The third-order valence-corrected chi connectivity index (χ3v) is 6.88. The molecule has 7 heteroatoms. The largest absolute Gasteiger partial charge is 0.339 e. The quantitative estimate of drug-likeness (QED) is 0.802. The van der Waals surface area contributed by atoms with Crippen molar-refractivity contribution in [3.63, 3.8) is 0 Å². The Bertz CT molecular complexity index is 713. The van der Waals surface area contributed by atoms with E-state index in [1.54, 1.807) is 18.2 Å². The van der Waals surface area contributed by atoms with Crippen molar-refractivity contribution in [3.05, 3.63) is 28.8 Å². The number of amides is 1. The van der Waals surface area contributed by atoms with Crippen molar-refractivity contribution >= 4 is 33.2 Å². The molecule has 0 bridgehead atoms. The van der Waals surface area contributed by atoms with E-state index in [4.69, 9.17) is 11.6 Å². The van der Waals surface area contributed by atoms with Gasteiger partial charge in [-0.3, -0.25) is 9.10 Å². The van der Waals surface area contributed by atoms with Gasteiger partial charge in [-0.05, 0) is 43.9 Å². The van der Waals surface area contributed by atoms with Crippen LogP contribution in [0.5, 0.6) is 0 Å². The molecule has 2 heterocycles. The molecule has 1 aromatic carbocycles. The van der Waals surface area contributed by atoms with Crippen molar-refractivity contribution in [2.45, 2.75) is 38.5 Å². The Morgan fingerprint density at radius 1 is 0.958 bits per heavy atom. The number of anilines is 1. The van der Waals surface area contributed by atoms with Gasteiger partial charge in [-0.2, -0.15) is 0 Å². The predicted octanol–water partition coefficient (Wildman–Crippen LogP) is 3.29. The van der Waals surface area contributed by atoms with Gasteiger partial charge >= 0.3 is 0 Å². The summed E-state index contributed by atoms with van der Waals surface area (Å²) >= 11 is 6.24. The number of carbonyl (C=O) groups excluding carboxylic acids is 1. The van der Waals surface area contributed by atoms with E-state index < -0.39 is 10.0 Å². The summed E-state index contributed by atoms with van der Waals surface area (Å²) in [4.78, 5) is 14.6. The first-order valence-corrected chi connectivity index (χ1v) is 10.6. The third-order valence-electron chi connectivity index (χ3n) is 4.70. The van der Waals surface area contributed by atoms with Gasteiger partial charge in [0.05, 0.1) is 16.5 Å². The topological polar surface area (TPSA) is 57.7 Å². The molecule has 24 heavy (non-hydrogen) atoms. The average Bonchev–Trinajstić information content (AvgIpc) is 2.84. The number of hydrogen-bond donors (Lipinski definition) is 0. The van der Waals surface area contributed by atoms with Gasteiger partial charge in [0.1, 0.15) is 0 Å². The molecule has 5 nitrogen and oxygen atoms in total. The lowest BCUT2D eigenvalue weighted by molar-refractivity contribution is 0.0761. The van der Waals surface area contributed by atoms with Crippen molar-refractivity contribution in [1.29, 1.82) is 0 Å². The van der Waals surface area contributed by atoms with Gasteiger partial charge in [0, 0.05) is 25.2 Å². The van der Waals surface area contributed by atoms with E-state index in [0.717, 1.165) is 45.2 Å². The van der Waals surface area contributed by atoms with E-state index >= 15 is 0 Å². The van der Waals surface area contributed by atoms with Gasteiger partial charge in [0.2, 0.25) is 10.0 Å². The fourth-order valence-electron chi connectivity index (χ4n) is 3.35. The number of nitrogens with zero attached hydrogens (tertiary/aromatic N) is 2. The summed E-state index contributed by atoms with van der Waals surface area (Å²) in [5.41, 5.74) is 0.939. The van der Waals surface area contributed by atoms with Crippen LogP contribution in [0.15, 0.2) is 18.2 Å². The van der Waals surface area contributed by atoms with E-state index in [1.807, 2.05) is 4.90 Å². The van der Waals surface area contributed by atoms with Crippen LogP contribution in [-0.4, -0.2) is 44.6 Å². The highest BCUT2D eigenvalue weighted by Crippen LogP contribution is 2.32. The highest BCUT2D eigenvalue weighted by molar-refractivity contribution is 7.92. The zero-order valence-electron chi connectivity index (χ0n) is 13.7. The Morgan fingerprint density at radius 3 is 2.29 bits per heavy atom. The van der Waals surface area contributed by atoms with E-state index in [-0.39, 0.29) is 11.7 Å². The first kappa shape index (κ1) is 17.5. The minimum atomic E-state index is -3.35. The molecular formula is C17H23ClN2O3S. The summed E-state index contributed by atoms with van der Waals surface area (Å²) < 4.78 is 26.0. The molecule has 0 radical (unpaired) electrons. The van der Waals surface area contributed by atoms with Crippen LogP contribution < -0.4 is 4.31 Å². The van der Waals surface area contributed by atoms with E-state index in [1.165, 1.54) is 4.31 Å². The SMILES string of the molecule is O=C(c1ccc(Cl)c(N2CCCCS2(=O)=O)c1)N1CCCCCC1. The summed E-state index contributed by atoms with van der Waals surface area (Å²) in [5, 5.41) is 0.368. The van der Waals surface area contributed by atoms with Crippen LogP contribution in [0, 0.1) is 0 Å². The molecule has 2 aliphatic rings. The molecule has 0 atom stereocenters. The Hall–Kier alpha value is -1.27. The Balaban J connectivity index is 1.89. The maximum Gasteiger partial charge on any atom is 0.253 e. The maximum absolute atomic E-state index is 12.8. The molecule has 0 spiro atoms. The fourth-order valence-corrected chi connectivity index (χ4v) is 5.27. The van der Waals surface area contributed by atoms with Crippen molar-refractivity contribution < 1.29 is 13.2 Å². The number of benzene rings is 1. The molecule has 132 valence electrons. The highest BCUT2D eigenvalue weighted by Gasteiger charge is 2.28. The van der Waals surface area contributed by atoms with Gasteiger partial charge in [-0.25, -0.2) is 8.42 Å². The molecule has 1 amide bonds. The Kier molecular flexibility index (Phi) is 5.35. The van der Waals surface area contributed by atoms with Gasteiger partial charge in [0.15, 0.2) is 0 Å². The van der Waals surface area contributed by atoms with Crippen LogP contribution >= 0.6 is 11.6 Å². The molecule has 0 aromatic heterocycles. The minimum absolute atomic E-state index is 0.0378. The molecule has 0 N–H and O–H groups in total. The maximum atomic E-state index is 12.8. The summed E-state index contributed by atoms with van der Waals surface area (Å²) in [6.45, 7) is 1.95. The lowest BCUT2D eigenvalue weighted by atomic mass is 10.1. The minimum Gasteiger partial charge on any atom is -0.339 e. The first-order valence-electron chi connectivity index (χ1n) is 8.58. The molecule has 0 saturated carbocycles. The van der Waals surface area contributed by atoms with Gasteiger partial charge in [0.25, 0.3) is 5.91 Å². The number of sulfonamides is 1. The molecule has 1 aromatic rings. The highest BCUT2D eigenvalue weighted by atomic mass is 35.5. The van der Waals surface area contributed by atoms with Crippen LogP contribution in [0.4, 0.5) is 5.69 Å². The van der Waals surface area contributed by atoms with E-state index in [0.29, 0.717) is 29.2 Å². The molecular weight excluding hydrogens is 348 g/mol. The molecule has 2 fully saturated rings. The van der Waals surface area contributed by atoms with Crippen LogP contribution in [-0.2, 0) is 10.0 Å². The second-order valence-corrected chi connectivity index (χ2v) is 8.89. The third kappa shape index (κ3) is 3.70. The summed E-state index contributed by atoms with van der Waals surface area (Å²) in [6.07, 6.45) is 5.82. The molecule has 2 saturated heterocycles. The van der Waals surface area contributed by atoms with Crippen LogP contribution in [0.25, 0.3) is 0 Å². The van der Waals surface area contributed by atoms with Gasteiger partial charge < -0.3 is 4.90 Å². The second kappa shape index (κ2) is 7.31. The molecule has 0 aliphatic carbocycles. The van der Waals surface area contributed by atoms with Crippen LogP contribution in [0.1, 0.15) is 48.9 Å². The van der Waals surface area contributed by atoms with Crippen molar-refractivity contribution in [3.8, 4) is 0 Å². The van der Waals surface area contributed by atoms with Gasteiger partial charge in [-0.1, -0.05) is 24.4 Å². The number of halogens is 1. The smallest absolute Gasteiger partial charge is 0.253 e. The Morgan fingerprint density at radius 2 is 1.62 bits per heavy atom. The second-order valence-electron chi connectivity index (χ2n) is 6.47. The van der Waals surface area contributed by atoms with Crippen molar-refractivity contribution in [1.82, 2.24) is 4.90 Å². The van der Waals surface area contributed by atoms with Crippen LogP contribution in [0.3, 0.4) is 0 Å². The number of rotatable bonds is 2. The number of likely N-dealkylation sites (tertiary alicyclic amines) is 1. The number of hydrogen-bond acceptors (Lipinski definition) is 3. The monoisotopic (exact) mass is 370 g/mol. The van der Waals surface area contributed by atoms with Crippen molar-refractivity contribution in [2.24, 2.45) is 0 Å². The predicted molar refractivity (Wildman–Crippen MR) is 96.2 cm³/mol. The Labute approximate surface area is 148 Å². The lowest BCUT2D eigenvalue weighted by Crippen LogP contribution is -2.38. The van der Waals surface area contributed by atoms with Gasteiger partial charge in [-0.15, -0.1) is 0 Å². The lowest BCUT2D eigenvalue weighted by Gasteiger charge is -2.29. The van der Waals surface area contributed by atoms with Crippen LogP contribution in [0.2, 0.25) is 5.02 Å². The molecule has 0 unspecified atom stereocenters. The summed E-state index contributed by atoms with van der Waals surface area (Å²) in [7, 11) is -3.35.